The van der Waals surface area contributed by atoms with Gasteiger partial charge in [0.15, 0.2) is 10.9 Å². The van der Waals surface area contributed by atoms with Crippen LogP contribution in [0.3, 0.4) is 0 Å². The Morgan fingerprint density at radius 3 is 3.16 bits per heavy atom. The molecular weight excluding hydrogens is 260 g/mol. The molecule has 3 nitrogen and oxygen atoms in total. The highest BCUT2D eigenvalue weighted by Gasteiger charge is 2.30. The molecule has 0 saturated carbocycles. The van der Waals surface area contributed by atoms with Gasteiger partial charge < -0.3 is 10.1 Å². The van der Waals surface area contributed by atoms with Gasteiger partial charge in [-0.2, -0.15) is 0 Å². The number of allylic oxidation sites excluding steroid dienone is 1. The lowest BCUT2D eigenvalue weighted by Crippen LogP contribution is -2.43. The number of piperidine rings is 1. The maximum atomic E-state index is 6.00. The Morgan fingerprint density at radius 1 is 1.42 bits per heavy atom. The smallest absolute Gasteiger partial charge is 0.171 e. The number of aromatic nitrogens is 1. The zero-order valence-electron chi connectivity index (χ0n) is 11.2. The number of nitrogens with zero attached hydrogens (tertiary/aromatic N) is 1. The maximum absolute atomic E-state index is 6.00. The first-order chi connectivity index (χ1) is 9.29. The van der Waals surface area contributed by atoms with Crippen molar-refractivity contribution in [2.45, 2.75) is 31.7 Å². The molecule has 102 valence electrons. The van der Waals surface area contributed by atoms with Gasteiger partial charge in [0.2, 0.25) is 0 Å². The highest BCUT2D eigenvalue weighted by molar-refractivity contribution is 6.30. The van der Waals surface area contributed by atoms with Crippen molar-refractivity contribution >= 4 is 17.2 Å². The minimum Gasteiger partial charge on any atom is -0.494 e. The predicted octanol–water partition coefficient (Wildman–Crippen LogP) is 3.29. The van der Waals surface area contributed by atoms with Crippen LogP contribution in [0, 0.1) is 5.92 Å². The third-order valence-corrected chi connectivity index (χ3v) is 4.47. The molecule has 0 aromatic carbocycles. The largest absolute Gasteiger partial charge is 0.494 e. The normalized spacial score (nSPS) is 26.5. The van der Waals surface area contributed by atoms with Gasteiger partial charge in [0.1, 0.15) is 0 Å². The van der Waals surface area contributed by atoms with E-state index in [1.54, 1.807) is 7.11 Å². The van der Waals surface area contributed by atoms with Crippen molar-refractivity contribution < 1.29 is 4.74 Å². The molecule has 1 aliphatic heterocycles. The summed E-state index contributed by atoms with van der Waals surface area (Å²) in [5, 5.41) is 4.08. The van der Waals surface area contributed by atoms with Gasteiger partial charge in [-0.25, -0.2) is 4.98 Å². The zero-order valence-corrected chi connectivity index (χ0v) is 11.9. The van der Waals surface area contributed by atoms with Crippen LogP contribution in [0.15, 0.2) is 18.3 Å². The molecule has 2 unspecified atom stereocenters. The molecule has 2 atom stereocenters. The highest BCUT2D eigenvalue weighted by atomic mass is 35.5. The summed E-state index contributed by atoms with van der Waals surface area (Å²) >= 11 is 6.00. The number of fused-ring (bicyclic) bond motifs is 1. The number of pyridine rings is 1. The van der Waals surface area contributed by atoms with Crippen LogP contribution in [0.25, 0.3) is 5.57 Å². The molecule has 0 amide bonds. The van der Waals surface area contributed by atoms with Crippen molar-refractivity contribution in [3.8, 4) is 5.75 Å². The molecule has 3 rings (SSSR count). The molecule has 0 radical (unpaired) electrons. The molecule has 1 saturated heterocycles. The van der Waals surface area contributed by atoms with Crippen LogP contribution in [0.4, 0.5) is 0 Å². The van der Waals surface area contributed by atoms with Gasteiger partial charge in [-0.05, 0) is 49.8 Å². The van der Waals surface area contributed by atoms with Crippen LogP contribution in [0.2, 0.25) is 5.15 Å². The molecule has 4 heteroatoms. The number of halogens is 1. The van der Waals surface area contributed by atoms with Gasteiger partial charge in [0, 0.05) is 17.8 Å². The second kappa shape index (κ2) is 5.51. The van der Waals surface area contributed by atoms with E-state index in [4.69, 9.17) is 16.3 Å². The van der Waals surface area contributed by atoms with Gasteiger partial charge >= 0.3 is 0 Å². The second-order valence-corrected chi connectivity index (χ2v) is 5.65. The monoisotopic (exact) mass is 278 g/mol. The fraction of sp³-hybridized carbons (Fsp3) is 0.533. The predicted molar refractivity (Wildman–Crippen MR) is 77.5 cm³/mol. The van der Waals surface area contributed by atoms with E-state index < -0.39 is 0 Å². The van der Waals surface area contributed by atoms with Gasteiger partial charge in [0.05, 0.1) is 7.11 Å². The molecule has 1 N–H and O–H groups in total. The molecule has 1 fully saturated rings. The van der Waals surface area contributed by atoms with Gasteiger partial charge in [-0.1, -0.05) is 17.7 Å². The topological polar surface area (TPSA) is 34.1 Å². The standard InChI is InChI=1S/C15H19ClN2O/c1-19-13-8-11(9-18-15(13)16)12-6-2-4-10-5-3-7-17-14(10)12/h6,8-10,14,17H,2-5,7H2,1H3. The number of hydrogen-bond donors (Lipinski definition) is 1. The molecule has 0 bridgehead atoms. The lowest BCUT2D eigenvalue weighted by Gasteiger charge is -2.37. The van der Waals surface area contributed by atoms with Crippen LogP contribution in [-0.4, -0.2) is 24.7 Å². The molecule has 1 aromatic rings. The van der Waals surface area contributed by atoms with E-state index >= 15 is 0 Å². The Hall–Kier alpha value is -1.06. The summed E-state index contributed by atoms with van der Waals surface area (Å²) in [5.41, 5.74) is 2.49. The molecular formula is C15H19ClN2O. The Kier molecular flexibility index (Phi) is 3.76. The molecule has 2 aliphatic rings. The van der Waals surface area contributed by atoms with E-state index in [0.717, 1.165) is 24.4 Å². The highest BCUT2D eigenvalue weighted by Crippen LogP contribution is 2.37. The van der Waals surface area contributed by atoms with E-state index in [0.29, 0.717) is 16.9 Å². The summed E-state index contributed by atoms with van der Waals surface area (Å²) in [6, 6.07) is 2.47. The van der Waals surface area contributed by atoms with Gasteiger partial charge in [-0.3, -0.25) is 0 Å². The summed E-state index contributed by atoms with van der Waals surface area (Å²) in [6.45, 7) is 1.11. The van der Waals surface area contributed by atoms with Crippen molar-refractivity contribution in [1.82, 2.24) is 10.3 Å². The SMILES string of the molecule is COc1cc(C2=CCCC3CCCNC23)cnc1Cl. The summed E-state index contributed by atoms with van der Waals surface area (Å²) in [6.07, 6.45) is 9.26. The van der Waals surface area contributed by atoms with Crippen LogP contribution < -0.4 is 10.1 Å². The molecule has 0 spiro atoms. The maximum Gasteiger partial charge on any atom is 0.171 e. The van der Waals surface area contributed by atoms with Crippen molar-refractivity contribution in [2.24, 2.45) is 5.92 Å². The average molecular weight is 279 g/mol. The third kappa shape index (κ3) is 2.49. The number of methoxy groups -OCH3 is 1. The second-order valence-electron chi connectivity index (χ2n) is 5.29. The van der Waals surface area contributed by atoms with Gasteiger partial charge in [-0.15, -0.1) is 0 Å². The van der Waals surface area contributed by atoms with E-state index in [1.165, 1.54) is 24.8 Å². The molecule has 1 aliphatic carbocycles. The lowest BCUT2D eigenvalue weighted by atomic mass is 9.77. The first-order valence-electron chi connectivity index (χ1n) is 6.93. The van der Waals surface area contributed by atoms with Crippen molar-refractivity contribution in [3.63, 3.8) is 0 Å². The Balaban J connectivity index is 1.94. The number of nitrogens with one attached hydrogen (secondary N) is 1. The minimum atomic E-state index is 0.427. The Bertz CT molecular complexity index is 501. The van der Waals surface area contributed by atoms with E-state index in [1.807, 2.05) is 12.3 Å². The third-order valence-electron chi connectivity index (χ3n) is 4.18. The fourth-order valence-electron chi connectivity index (χ4n) is 3.24. The van der Waals surface area contributed by atoms with E-state index in [9.17, 15) is 0 Å². The Labute approximate surface area is 119 Å². The van der Waals surface area contributed by atoms with Crippen LogP contribution in [0.5, 0.6) is 5.75 Å². The summed E-state index contributed by atoms with van der Waals surface area (Å²) < 4.78 is 5.27. The lowest BCUT2D eigenvalue weighted by molar-refractivity contribution is 0.303. The summed E-state index contributed by atoms with van der Waals surface area (Å²) in [7, 11) is 1.63. The number of rotatable bonds is 2. The quantitative estimate of drug-likeness (QED) is 0.843. The molecule has 2 heterocycles. The molecule has 19 heavy (non-hydrogen) atoms. The Morgan fingerprint density at radius 2 is 2.32 bits per heavy atom. The summed E-state index contributed by atoms with van der Waals surface area (Å²) in [4.78, 5) is 4.23. The average Bonchev–Trinajstić information content (AvgIpc) is 2.47. The first-order valence-corrected chi connectivity index (χ1v) is 7.30. The minimum absolute atomic E-state index is 0.427. The van der Waals surface area contributed by atoms with Crippen molar-refractivity contribution in [3.05, 3.63) is 29.1 Å². The number of hydrogen-bond acceptors (Lipinski definition) is 3. The van der Waals surface area contributed by atoms with E-state index in [-0.39, 0.29) is 0 Å². The summed E-state index contributed by atoms with van der Waals surface area (Å²) in [5.74, 6) is 1.41. The van der Waals surface area contributed by atoms with Crippen LogP contribution in [-0.2, 0) is 0 Å². The van der Waals surface area contributed by atoms with Crippen LogP contribution in [0.1, 0.15) is 31.2 Å². The van der Waals surface area contributed by atoms with Gasteiger partial charge in [0.25, 0.3) is 0 Å². The zero-order chi connectivity index (χ0) is 13.2. The van der Waals surface area contributed by atoms with Crippen molar-refractivity contribution in [2.75, 3.05) is 13.7 Å². The van der Waals surface area contributed by atoms with Crippen molar-refractivity contribution in [1.29, 1.82) is 0 Å². The molecule has 1 aromatic heterocycles. The number of ether oxygens (including phenoxy) is 1. The van der Waals surface area contributed by atoms with Crippen LogP contribution >= 0.6 is 11.6 Å². The first kappa shape index (κ1) is 12.9. The fourth-order valence-corrected chi connectivity index (χ4v) is 3.42. The van der Waals surface area contributed by atoms with E-state index in [2.05, 4.69) is 16.4 Å².